The first-order valence-corrected chi connectivity index (χ1v) is 13.9. The second-order valence-corrected chi connectivity index (χ2v) is 10.5. The van der Waals surface area contributed by atoms with Crippen LogP contribution in [-0.2, 0) is 20.8 Å². The smallest absolute Gasteiger partial charge is 0.342 e. The van der Waals surface area contributed by atoms with Crippen molar-refractivity contribution >= 4 is 72.8 Å². The number of amides is 1. The number of rotatable bonds is 7. The molecule has 0 aliphatic heterocycles. The number of ether oxygens (including phenoxy) is 2. The summed E-state index contributed by atoms with van der Waals surface area (Å²) in [5.74, 6) is -2.70. The van der Waals surface area contributed by atoms with Crippen LogP contribution in [0.15, 0.2) is 89.5 Å². The Morgan fingerprint density at radius 2 is 1.49 bits per heavy atom. The largest absolute Gasteiger partial charge is 0.465 e. The van der Waals surface area contributed by atoms with E-state index in [2.05, 4.69) is 26.2 Å². The van der Waals surface area contributed by atoms with E-state index in [1.807, 2.05) is 24.3 Å². The third kappa shape index (κ3) is 4.73. The number of aromatic nitrogens is 3. The van der Waals surface area contributed by atoms with Gasteiger partial charge >= 0.3 is 11.9 Å². The quantitative estimate of drug-likeness (QED) is 0.177. The van der Waals surface area contributed by atoms with Gasteiger partial charge in [0.25, 0.3) is 0 Å². The first kappa shape index (κ1) is 27.9. The van der Waals surface area contributed by atoms with Crippen LogP contribution in [0.25, 0.3) is 27.6 Å². The number of imidazole rings is 1. The van der Waals surface area contributed by atoms with Crippen molar-refractivity contribution in [3.8, 4) is 0 Å². The maximum Gasteiger partial charge on any atom is 0.342 e. The van der Waals surface area contributed by atoms with Crippen molar-refractivity contribution in [3.63, 3.8) is 0 Å². The number of anilines is 1. The van der Waals surface area contributed by atoms with E-state index in [9.17, 15) is 19.2 Å². The van der Waals surface area contributed by atoms with E-state index >= 15 is 0 Å². The highest BCUT2D eigenvalue weighted by molar-refractivity contribution is 9.10. The van der Waals surface area contributed by atoms with Crippen LogP contribution in [0.4, 0.5) is 5.69 Å². The summed E-state index contributed by atoms with van der Waals surface area (Å²) in [4.78, 5) is 58.7. The van der Waals surface area contributed by atoms with Crippen molar-refractivity contribution < 1.29 is 28.7 Å². The lowest BCUT2D eigenvalue weighted by molar-refractivity contribution is -0.116. The Morgan fingerprint density at radius 3 is 2.21 bits per heavy atom. The van der Waals surface area contributed by atoms with E-state index in [0.717, 1.165) is 17.0 Å². The molecule has 0 aliphatic rings. The number of halogens is 1. The average Bonchev–Trinajstić information content (AvgIpc) is 3.53. The minimum absolute atomic E-state index is 0.0850. The summed E-state index contributed by atoms with van der Waals surface area (Å²) in [5, 5.41) is 3.77. The van der Waals surface area contributed by atoms with Gasteiger partial charge in [0.05, 0.1) is 36.5 Å². The van der Waals surface area contributed by atoms with Crippen LogP contribution < -0.4 is 5.32 Å². The van der Waals surface area contributed by atoms with Gasteiger partial charge in [0.2, 0.25) is 11.7 Å². The lowest BCUT2D eigenvalue weighted by atomic mass is 10.0. The third-order valence-electron chi connectivity index (χ3n) is 7.12. The molecule has 0 radical (unpaired) electrons. The number of hydrogen-bond acceptors (Lipinski definition) is 7. The van der Waals surface area contributed by atoms with Gasteiger partial charge in [-0.05, 0) is 48.5 Å². The number of hydrogen-bond donors (Lipinski definition) is 1. The summed E-state index contributed by atoms with van der Waals surface area (Å²) in [6, 6.07) is 22.8. The number of carbonyl (C=O) groups excluding carboxylic acids is 4. The molecule has 3 aromatic carbocycles. The van der Waals surface area contributed by atoms with Crippen LogP contribution in [0.5, 0.6) is 0 Å². The molecule has 3 aromatic heterocycles. The lowest BCUT2D eigenvalue weighted by Gasteiger charge is -2.11. The fraction of sp³-hybridized carbons (Fsp3) is 0.0938. The number of methoxy groups -OCH3 is 2. The van der Waals surface area contributed by atoms with Gasteiger partial charge in [-0.15, -0.1) is 0 Å². The van der Waals surface area contributed by atoms with Gasteiger partial charge in [-0.25, -0.2) is 9.59 Å². The number of nitrogens with zero attached hydrogens (tertiary/aromatic N) is 3. The zero-order valence-electron chi connectivity index (χ0n) is 23.0. The fourth-order valence-electron chi connectivity index (χ4n) is 5.29. The normalized spacial score (nSPS) is 11.1. The van der Waals surface area contributed by atoms with Crippen molar-refractivity contribution in [1.82, 2.24) is 14.0 Å². The molecule has 43 heavy (non-hydrogen) atoms. The van der Waals surface area contributed by atoms with Gasteiger partial charge in [0.1, 0.15) is 29.0 Å². The molecule has 3 heterocycles. The highest BCUT2D eigenvalue weighted by atomic mass is 79.9. The van der Waals surface area contributed by atoms with Crippen LogP contribution in [0, 0.1) is 0 Å². The monoisotopic (exact) mass is 638 g/mol. The summed E-state index contributed by atoms with van der Waals surface area (Å²) in [6.07, 6.45) is 1.64. The minimum atomic E-state index is -0.897. The van der Waals surface area contributed by atoms with Crippen molar-refractivity contribution in [1.29, 1.82) is 0 Å². The van der Waals surface area contributed by atoms with Crippen LogP contribution in [0.3, 0.4) is 0 Å². The number of ketones is 1. The molecule has 0 spiro atoms. The molecular formula is C32H23BrN4O6. The van der Waals surface area contributed by atoms with Gasteiger partial charge in [0.15, 0.2) is 0 Å². The van der Waals surface area contributed by atoms with E-state index in [1.54, 1.807) is 65.4 Å². The zero-order valence-corrected chi connectivity index (χ0v) is 24.5. The van der Waals surface area contributed by atoms with Gasteiger partial charge in [-0.3, -0.25) is 19.0 Å². The molecule has 214 valence electrons. The second-order valence-electron chi connectivity index (χ2n) is 9.58. The number of benzene rings is 3. The van der Waals surface area contributed by atoms with Crippen molar-refractivity contribution in [2.45, 2.75) is 6.54 Å². The number of nitrogens with one attached hydrogen (secondary N) is 1. The summed E-state index contributed by atoms with van der Waals surface area (Å²) in [7, 11) is 2.34. The summed E-state index contributed by atoms with van der Waals surface area (Å²) in [5.41, 5.74) is 2.07. The summed E-state index contributed by atoms with van der Waals surface area (Å²) in [6.45, 7) is -0.263. The molecule has 0 aliphatic carbocycles. The minimum Gasteiger partial charge on any atom is -0.465 e. The Morgan fingerprint density at radius 1 is 0.814 bits per heavy atom. The van der Waals surface area contributed by atoms with Gasteiger partial charge in [-0.1, -0.05) is 46.3 Å². The highest BCUT2D eigenvalue weighted by Gasteiger charge is 2.36. The second kappa shape index (κ2) is 11.2. The zero-order chi connectivity index (χ0) is 30.2. The predicted molar refractivity (Wildman–Crippen MR) is 164 cm³/mol. The Balaban J connectivity index is 1.60. The molecule has 0 saturated carbocycles. The van der Waals surface area contributed by atoms with E-state index in [1.165, 1.54) is 11.5 Å². The Bertz CT molecular complexity index is 2090. The maximum atomic E-state index is 14.1. The highest BCUT2D eigenvalue weighted by Crippen LogP contribution is 2.34. The van der Waals surface area contributed by atoms with Crippen LogP contribution in [0.1, 0.15) is 36.8 Å². The third-order valence-corrected chi connectivity index (χ3v) is 7.65. The maximum absolute atomic E-state index is 14.1. The number of carbonyl (C=O) groups is 4. The molecule has 6 rings (SSSR count). The number of pyridine rings is 1. The molecule has 0 fully saturated rings. The molecule has 1 N–H and O–H groups in total. The van der Waals surface area contributed by atoms with Crippen LogP contribution in [0.2, 0.25) is 0 Å². The first-order chi connectivity index (χ1) is 20.8. The molecule has 0 unspecified atom stereocenters. The van der Waals surface area contributed by atoms with Crippen molar-refractivity contribution in [2.75, 3.05) is 19.5 Å². The molecular weight excluding hydrogens is 616 g/mol. The lowest BCUT2D eigenvalue weighted by Crippen LogP contribution is -2.20. The standard InChI is InChI=1S/C32H23BrN4O6/c1-42-31(40)25-26(32(41)43-2)30-36(17-24(38)35-21-9-5-7-18-8-6-16-34-27(18)21)22-10-3-4-11-23(22)37(30)28(25)29(39)19-12-14-20(33)15-13-19/h3-16H,17H2,1-2H3,(H,35,38). The topological polar surface area (TPSA) is 121 Å². The Labute approximate surface area is 253 Å². The van der Waals surface area contributed by atoms with E-state index in [0.29, 0.717) is 22.2 Å². The molecule has 0 saturated heterocycles. The molecule has 11 heteroatoms. The molecule has 0 bridgehead atoms. The number of fused-ring (bicyclic) bond motifs is 4. The van der Waals surface area contributed by atoms with Gasteiger partial charge < -0.3 is 19.4 Å². The Hall–Kier alpha value is -5.29. The number of esters is 2. The Kier molecular flexibility index (Phi) is 7.24. The molecule has 0 atom stereocenters. The molecule has 1 amide bonds. The van der Waals surface area contributed by atoms with Crippen LogP contribution >= 0.6 is 15.9 Å². The van der Waals surface area contributed by atoms with Gasteiger partial charge in [-0.2, -0.15) is 0 Å². The summed E-state index contributed by atoms with van der Waals surface area (Å²) >= 11 is 3.37. The van der Waals surface area contributed by atoms with Crippen molar-refractivity contribution in [2.24, 2.45) is 0 Å². The van der Waals surface area contributed by atoms with E-state index < -0.39 is 23.6 Å². The van der Waals surface area contributed by atoms with Crippen molar-refractivity contribution in [3.05, 3.63) is 112 Å². The van der Waals surface area contributed by atoms with Gasteiger partial charge in [0, 0.05) is 21.6 Å². The van der Waals surface area contributed by atoms with E-state index in [4.69, 9.17) is 9.47 Å². The number of para-hydroxylation sites is 3. The summed E-state index contributed by atoms with van der Waals surface area (Å²) < 4.78 is 14.0. The average molecular weight is 639 g/mol. The van der Waals surface area contributed by atoms with Crippen LogP contribution in [-0.4, -0.2) is 51.8 Å². The van der Waals surface area contributed by atoms with E-state index in [-0.39, 0.29) is 34.6 Å². The molecule has 6 aromatic rings. The first-order valence-electron chi connectivity index (χ1n) is 13.1. The predicted octanol–water partition coefficient (Wildman–Crippen LogP) is 5.65. The SMILES string of the molecule is COC(=O)c1c(C(=O)OC)c2n(CC(=O)Nc3cccc4cccnc34)c3ccccc3n2c1C(=O)c1ccc(Br)cc1. The molecule has 10 nitrogen and oxygen atoms in total. The fourth-order valence-corrected chi connectivity index (χ4v) is 5.56.